The highest BCUT2D eigenvalue weighted by Gasteiger charge is 2.43. The molecule has 25 heavy (non-hydrogen) atoms. The summed E-state index contributed by atoms with van der Waals surface area (Å²) in [6, 6.07) is 10.2. The molecule has 1 spiro atoms. The van der Waals surface area contributed by atoms with Crippen molar-refractivity contribution in [2.45, 2.75) is 57.0 Å². The van der Waals surface area contributed by atoms with Crippen LogP contribution in [-0.4, -0.2) is 44.9 Å². The molecule has 2 aliphatic heterocycles. The van der Waals surface area contributed by atoms with Crippen LogP contribution in [0.4, 0.5) is 0 Å². The molecule has 6 heteroatoms. The van der Waals surface area contributed by atoms with Crippen LogP contribution in [0.3, 0.4) is 0 Å². The van der Waals surface area contributed by atoms with E-state index in [2.05, 4.69) is 27.2 Å². The van der Waals surface area contributed by atoms with Crippen LogP contribution in [0.1, 0.15) is 49.1 Å². The second-order valence-corrected chi connectivity index (χ2v) is 7.30. The highest BCUT2D eigenvalue weighted by atomic mass is 16.5. The van der Waals surface area contributed by atoms with Crippen molar-refractivity contribution >= 4 is 0 Å². The molecule has 0 aliphatic carbocycles. The number of likely N-dealkylation sites (tertiary alicyclic amines) is 1. The van der Waals surface area contributed by atoms with Crippen LogP contribution in [0.5, 0.6) is 0 Å². The molecule has 2 atom stereocenters. The Morgan fingerprint density at radius 2 is 2.00 bits per heavy atom. The number of nitrogens with zero attached hydrogens (tertiary/aromatic N) is 3. The number of benzene rings is 1. The number of hydrogen-bond donors (Lipinski definition) is 1. The number of aryl methyl sites for hydroxylation is 1. The zero-order valence-corrected chi connectivity index (χ0v) is 14.6. The second kappa shape index (κ2) is 6.86. The third-order valence-electron chi connectivity index (χ3n) is 5.36. The van der Waals surface area contributed by atoms with Crippen LogP contribution in [0.2, 0.25) is 0 Å². The predicted octanol–water partition coefficient (Wildman–Crippen LogP) is 2.63. The lowest BCUT2D eigenvalue weighted by Gasteiger charge is -2.48. The Morgan fingerprint density at radius 3 is 2.68 bits per heavy atom. The van der Waals surface area contributed by atoms with Gasteiger partial charge in [-0.2, -0.15) is 4.98 Å². The molecular weight excluding hydrogens is 318 g/mol. The lowest BCUT2D eigenvalue weighted by atomic mass is 9.81. The SMILES string of the molecule is Cc1nc(CN2CCC3(CC2)C[C@H](O)C[C@H](c2ccccc2)O3)no1. The fourth-order valence-corrected chi connectivity index (χ4v) is 4.08. The predicted molar refractivity (Wildman–Crippen MR) is 91.8 cm³/mol. The summed E-state index contributed by atoms with van der Waals surface area (Å²) in [6.07, 6.45) is 2.93. The standard InChI is InChI=1S/C19H25N3O3/c1-14-20-18(21-25-14)13-22-9-7-19(8-10-22)12-16(23)11-17(24-19)15-5-3-2-4-6-15/h2-6,16-17,23H,7-13H2,1H3/t16-,17-/m1/s1. The van der Waals surface area contributed by atoms with E-state index in [0.717, 1.165) is 43.7 Å². The van der Waals surface area contributed by atoms with E-state index in [1.165, 1.54) is 0 Å². The molecule has 0 bridgehead atoms. The fourth-order valence-electron chi connectivity index (χ4n) is 4.08. The number of hydrogen-bond acceptors (Lipinski definition) is 6. The summed E-state index contributed by atoms with van der Waals surface area (Å²) in [5, 5.41) is 14.4. The minimum absolute atomic E-state index is 0.0173. The molecule has 2 fully saturated rings. The summed E-state index contributed by atoms with van der Waals surface area (Å²) >= 11 is 0. The zero-order chi connectivity index (χ0) is 17.3. The van der Waals surface area contributed by atoms with E-state index in [9.17, 15) is 5.11 Å². The topological polar surface area (TPSA) is 71.6 Å². The fraction of sp³-hybridized carbons (Fsp3) is 0.579. The Labute approximate surface area is 147 Å². The first-order valence-corrected chi connectivity index (χ1v) is 9.04. The summed E-state index contributed by atoms with van der Waals surface area (Å²) in [7, 11) is 0. The normalized spacial score (nSPS) is 26.8. The third kappa shape index (κ3) is 3.76. The van der Waals surface area contributed by atoms with Crippen molar-refractivity contribution in [1.29, 1.82) is 0 Å². The van der Waals surface area contributed by atoms with Gasteiger partial charge in [-0.1, -0.05) is 35.5 Å². The first kappa shape index (κ1) is 16.7. The maximum absolute atomic E-state index is 10.4. The number of ether oxygens (including phenoxy) is 1. The first-order valence-electron chi connectivity index (χ1n) is 9.04. The van der Waals surface area contributed by atoms with Gasteiger partial charge >= 0.3 is 0 Å². The molecule has 0 radical (unpaired) electrons. The van der Waals surface area contributed by atoms with Gasteiger partial charge in [0.1, 0.15) is 0 Å². The number of aliphatic hydroxyl groups is 1. The van der Waals surface area contributed by atoms with Crippen LogP contribution in [0.25, 0.3) is 0 Å². The summed E-state index contributed by atoms with van der Waals surface area (Å²) in [4.78, 5) is 6.61. The quantitative estimate of drug-likeness (QED) is 0.924. The van der Waals surface area contributed by atoms with Gasteiger partial charge in [0.05, 0.1) is 24.4 Å². The molecule has 0 amide bonds. The van der Waals surface area contributed by atoms with Crippen LogP contribution in [-0.2, 0) is 11.3 Å². The molecule has 1 N–H and O–H groups in total. The van der Waals surface area contributed by atoms with Gasteiger partial charge in [0.2, 0.25) is 5.89 Å². The molecule has 6 nitrogen and oxygen atoms in total. The van der Waals surface area contributed by atoms with Gasteiger partial charge in [-0.15, -0.1) is 0 Å². The average Bonchev–Trinajstić information content (AvgIpc) is 3.02. The van der Waals surface area contributed by atoms with Gasteiger partial charge in [-0.25, -0.2) is 0 Å². The number of aliphatic hydroxyl groups excluding tert-OH is 1. The van der Waals surface area contributed by atoms with Crippen LogP contribution in [0, 0.1) is 6.92 Å². The Hall–Kier alpha value is -1.76. The van der Waals surface area contributed by atoms with Crippen LogP contribution in [0.15, 0.2) is 34.9 Å². The van der Waals surface area contributed by atoms with Gasteiger partial charge in [-0.05, 0) is 18.4 Å². The van der Waals surface area contributed by atoms with Gasteiger partial charge in [-0.3, -0.25) is 4.90 Å². The summed E-state index contributed by atoms with van der Waals surface area (Å²) < 4.78 is 11.6. The molecule has 4 rings (SSSR count). The van der Waals surface area contributed by atoms with Crippen molar-refractivity contribution in [2.24, 2.45) is 0 Å². The maximum Gasteiger partial charge on any atom is 0.223 e. The molecule has 2 saturated heterocycles. The van der Waals surface area contributed by atoms with E-state index >= 15 is 0 Å². The molecule has 0 saturated carbocycles. The summed E-state index contributed by atoms with van der Waals surface area (Å²) in [5.74, 6) is 1.34. The van der Waals surface area contributed by atoms with E-state index in [-0.39, 0.29) is 17.8 Å². The smallest absolute Gasteiger partial charge is 0.223 e. The van der Waals surface area contributed by atoms with Crippen molar-refractivity contribution in [1.82, 2.24) is 15.0 Å². The highest BCUT2D eigenvalue weighted by Crippen LogP contribution is 2.43. The maximum atomic E-state index is 10.4. The Morgan fingerprint density at radius 1 is 1.24 bits per heavy atom. The summed E-state index contributed by atoms with van der Waals surface area (Å²) in [5.41, 5.74) is 0.937. The van der Waals surface area contributed by atoms with Crippen molar-refractivity contribution in [2.75, 3.05) is 13.1 Å². The number of piperidine rings is 1. The largest absolute Gasteiger partial charge is 0.393 e. The average molecular weight is 343 g/mol. The molecule has 0 unspecified atom stereocenters. The molecule has 3 heterocycles. The molecular formula is C19H25N3O3. The van der Waals surface area contributed by atoms with E-state index in [1.807, 2.05) is 25.1 Å². The van der Waals surface area contributed by atoms with Gasteiger partial charge < -0.3 is 14.4 Å². The van der Waals surface area contributed by atoms with E-state index in [4.69, 9.17) is 9.26 Å². The van der Waals surface area contributed by atoms with Crippen molar-refractivity contribution in [3.63, 3.8) is 0 Å². The summed E-state index contributed by atoms with van der Waals surface area (Å²) in [6.45, 7) is 4.35. The molecule has 1 aromatic carbocycles. The second-order valence-electron chi connectivity index (χ2n) is 7.30. The van der Waals surface area contributed by atoms with Crippen molar-refractivity contribution < 1.29 is 14.4 Å². The minimum atomic E-state index is -0.301. The number of rotatable bonds is 3. The van der Waals surface area contributed by atoms with Crippen molar-refractivity contribution in [3.05, 3.63) is 47.6 Å². The molecule has 2 aromatic rings. The van der Waals surface area contributed by atoms with E-state index < -0.39 is 0 Å². The highest BCUT2D eigenvalue weighted by molar-refractivity contribution is 5.19. The lowest BCUT2D eigenvalue weighted by Crippen LogP contribution is -2.50. The van der Waals surface area contributed by atoms with E-state index in [1.54, 1.807) is 0 Å². The lowest BCUT2D eigenvalue weighted by molar-refractivity contribution is -0.184. The monoisotopic (exact) mass is 343 g/mol. The number of aromatic nitrogens is 2. The van der Waals surface area contributed by atoms with Crippen LogP contribution < -0.4 is 0 Å². The Kier molecular flexibility index (Phi) is 4.58. The Bertz CT molecular complexity index is 695. The van der Waals surface area contributed by atoms with Gasteiger partial charge in [0.25, 0.3) is 0 Å². The zero-order valence-electron chi connectivity index (χ0n) is 14.6. The molecule has 134 valence electrons. The minimum Gasteiger partial charge on any atom is -0.393 e. The van der Waals surface area contributed by atoms with Gasteiger partial charge in [0.15, 0.2) is 5.82 Å². The molecule has 1 aromatic heterocycles. The Balaban J connectivity index is 1.40. The van der Waals surface area contributed by atoms with Crippen molar-refractivity contribution in [3.8, 4) is 0 Å². The molecule has 2 aliphatic rings. The van der Waals surface area contributed by atoms with Gasteiger partial charge in [0, 0.05) is 32.9 Å². The van der Waals surface area contributed by atoms with Crippen LogP contribution >= 0.6 is 0 Å². The first-order chi connectivity index (χ1) is 12.1. The third-order valence-corrected chi connectivity index (χ3v) is 5.36. The van der Waals surface area contributed by atoms with E-state index in [0.29, 0.717) is 18.9 Å².